The molecule has 0 unspecified atom stereocenters. The molecule has 0 fully saturated rings. The molecule has 0 aliphatic carbocycles. The number of hydrogen-bond donors (Lipinski definition) is 0. The molecule has 2 aromatic heterocycles. The summed E-state index contributed by atoms with van der Waals surface area (Å²) in [6, 6.07) is 29.0. The summed E-state index contributed by atoms with van der Waals surface area (Å²) in [5.41, 5.74) is 3.88. The number of furan rings is 2. The molecule has 6 aromatic rings. The highest BCUT2D eigenvalue weighted by Crippen LogP contribution is 2.38. The summed E-state index contributed by atoms with van der Waals surface area (Å²) < 4.78 is 14.7. The second-order valence-electron chi connectivity index (χ2n) is 7.30. The van der Waals surface area contributed by atoms with Gasteiger partial charge in [-0.2, -0.15) is 0 Å². The van der Waals surface area contributed by atoms with Crippen molar-refractivity contribution < 1.29 is 8.83 Å². The first-order chi connectivity index (χ1) is 16.7. The Hall–Kier alpha value is -2.82. The molecule has 0 N–H and O–H groups in total. The van der Waals surface area contributed by atoms with Crippen LogP contribution in [0.5, 0.6) is 0 Å². The van der Waals surface area contributed by atoms with Gasteiger partial charge in [-0.3, -0.25) is 0 Å². The third-order valence-corrected chi connectivity index (χ3v) is 6.47. The van der Waals surface area contributed by atoms with Crippen LogP contribution >= 0.6 is 31.9 Å². The van der Waals surface area contributed by atoms with Crippen LogP contribution in [0.2, 0.25) is 0 Å². The van der Waals surface area contributed by atoms with Crippen molar-refractivity contribution in [3.63, 3.8) is 0 Å². The van der Waals surface area contributed by atoms with E-state index in [1.807, 2.05) is 52.0 Å². The summed E-state index contributed by atoms with van der Waals surface area (Å²) in [4.78, 5) is 0. The van der Waals surface area contributed by atoms with E-state index in [1.165, 1.54) is 0 Å². The molecule has 172 valence electrons. The Morgan fingerprint density at radius 1 is 0.471 bits per heavy atom. The van der Waals surface area contributed by atoms with E-state index in [2.05, 4.69) is 92.5 Å². The Balaban J connectivity index is 0.000000652. The molecule has 4 aromatic carbocycles. The number of halogens is 2. The van der Waals surface area contributed by atoms with Crippen molar-refractivity contribution in [2.75, 3.05) is 0 Å². The fourth-order valence-corrected chi connectivity index (χ4v) is 4.44. The zero-order chi connectivity index (χ0) is 24.2. The average molecular weight is 578 g/mol. The second-order valence-corrected chi connectivity index (χ2v) is 9.13. The van der Waals surface area contributed by atoms with Gasteiger partial charge in [0.1, 0.15) is 22.7 Å². The lowest BCUT2D eigenvalue weighted by atomic mass is 10.1. The molecule has 2 heterocycles. The molecule has 0 spiro atoms. The van der Waals surface area contributed by atoms with Gasteiger partial charge in [-0.05, 0) is 48.5 Å². The monoisotopic (exact) mass is 576 g/mol. The van der Waals surface area contributed by atoms with Crippen LogP contribution < -0.4 is 0 Å². The Morgan fingerprint density at radius 2 is 0.824 bits per heavy atom. The van der Waals surface area contributed by atoms with Crippen molar-refractivity contribution in [2.24, 2.45) is 0 Å². The Kier molecular flexibility index (Phi) is 7.60. The standard InChI is InChI=1S/C26H14Br2O2.2C2H6/c27-19-7-1-15(2-8-19)23-13-17-5-11-22-21(25(17)29-23)12-6-18-14-24(30-26(18)22)16-3-9-20(28)10-4-16;2*1-2/h1-14H;2*1-2H3. The lowest BCUT2D eigenvalue weighted by molar-refractivity contribution is 0.632. The number of fused-ring (bicyclic) bond motifs is 5. The maximum Gasteiger partial charge on any atom is 0.142 e. The van der Waals surface area contributed by atoms with Gasteiger partial charge in [0.15, 0.2) is 0 Å². The summed E-state index contributed by atoms with van der Waals surface area (Å²) in [7, 11) is 0. The van der Waals surface area contributed by atoms with Gasteiger partial charge in [0.2, 0.25) is 0 Å². The first-order valence-electron chi connectivity index (χ1n) is 11.6. The van der Waals surface area contributed by atoms with Crippen LogP contribution in [0.15, 0.2) is 103 Å². The molecule has 6 rings (SSSR count). The Morgan fingerprint density at radius 3 is 1.18 bits per heavy atom. The quantitative estimate of drug-likeness (QED) is 0.204. The van der Waals surface area contributed by atoms with E-state index in [9.17, 15) is 0 Å². The van der Waals surface area contributed by atoms with Crippen LogP contribution in [-0.4, -0.2) is 0 Å². The summed E-state index contributed by atoms with van der Waals surface area (Å²) >= 11 is 6.97. The van der Waals surface area contributed by atoms with Gasteiger partial charge in [-0.1, -0.05) is 96.0 Å². The summed E-state index contributed by atoms with van der Waals surface area (Å²) in [5, 5.41) is 4.28. The molecule has 0 aliphatic heterocycles. The second kappa shape index (κ2) is 10.6. The maximum atomic E-state index is 6.30. The number of rotatable bonds is 2. The SMILES string of the molecule is Brc1ccc(-c2cc3ccc4c(ccc5cc(-c6ccc(Br)cc6)oc54)c3o2)cc1.CC.CC. The topological polar surface area (TPSA) is 26.3 Å². The van der Waals surface area contributed by atoms with Gasteiger partial charge < -0.3 is 8.83 Å². The van der Waals surface area contributed by atoms with Crippen molar-refractivity contribution in [1.29, 1.82) is 0 Å². The van der Waals surface area contributed by atoms with Gasteiger partial charge >= 0.3 is 0 Å². The van der Waals surface area contributed by atoms with Gasteiger partial charge in [0, 0.05) is 41.6 Å². The highest BCUT2D eigenvalue weighted by Gasteiger charge is 2.14. The van der Waals surface area contributed by atoms with Gasteiger partial charge in [0.05, 0.1) is 0 Å². The summed E-state index contributed by atoms with van der Waals surface area (Å²) in [5.74, 6) is 1.72. The Bertz CT molecular complexity index is 1420. The van der Waals surface area contributed by atoms with E-state index in [1.54, 1.807) is 0 Å². The molecular weight excluding hydrogens is 552 g/mol. The van der Waals surface area contributed by atoms with Gasteiger partial charge in [-0.15, -0.1) is 0 Å². The minimum atomic E-state index is 0.861. The van der Waals surface area contributed by atoms with Crippen LogP contribution in [0.1, 0.15) is 27.7 Å². The zero-order valence-corrected chi connectivity index (χ0v) is 22.8. The molecule has 2 nitrogen and oxygen atoms in total. The summed E-state index contributed by atoms with van der Waals surface area (Å²) in [6.45, 7) is 8.00. The fourth-order valence-electron chi connectivity index (χ4n) is 3.91. The van der Waals surface area contributed by atoms with E-state index in [0.29, 0.717) is 0 Å². The van der Waals surface area contributed by atoms with E-state index >= 15 is 0 Å². The first kappa shape index (κ1) is 24.3. The minimum Gasteiger partial charge on any atom is -0.455 e. The van der Waals surface area contributed by atoms with Crippen LogP contribution in [0.25, 0.3) is 55.4 Å². The van der Waals surface area contributed by atoms with E-state index in [-0.39, 0.29) is 0 Å². The lowest BCUT2D eigenvalue weighted by Gasteiger charge is -2.00. The fraction of sp³-hybridized carbons (Fsp3) is 0.133. The minimum absolute atomic E-state index is 0.861. The number of benzene rings is 4. The van der Waals surface area contributed by atoms with E-state index in [0.717, 1.165) is 64.3 Å². The molecule has 0 amide bonds. The molecule has 4 heteroatoms. The van der Waals surface area contributed by atoms with Crippen LogP contribution in [0, 0.1) is 0 Å². The molecule has 0 aliphatic rings. The van der Waals surface area contributed by atoms with E-state index < -0.39 is 0 Å². The van der Waals surface area contributed by atoms with Crippen LogP contribution in [0.3, 0.4) is 0 Å². The lowest BCUT2D eigenvalue weighted by Crippen LogP contribution is -1.74. The van der Waals surface area contributed by atoms with Crippen molar-refractivity contribution in [3.05, 3.63) is 93.9 Å². The Labute approximate surface area is 216 Å². The molecule has 0 radical (unpaired) electrons. The average Bonchev–Trinajstić information content (AvgIpc) is 3.52. The van der Waals surface area contributed by atoms with E-state index in [4.69, 9.17) is 8.83 Å². The van der Waals surface area contributed by atoms with Crippen LogP contribution in [0.4, 0.5) is 0 Å². The molecule has 0 atom stereocenters. The predicted octanol–water partition coefficient (Wildman–Crippen LogP) is 11.2. The van der Waals surface area contributed by atoms with Crippen molar-refractivity contribution in [1.82, 2.24) is 0 Å². The third-order valence-electron chi connectivity index (χ3n) is 5.42. The summed E-state index contributed by atoms with van der Waals surface area (Å²) in [6.07, 6.45) is 0. The van der Waals surface area contributed by atoms with Crippen molar-refractivity contribution >= 4 is 64.6 Å². The van der Waals surface area contributed by atoms with Crippen molar-refractivity contribution in [2.45, 2.75) is 27.7 Å². The highest BCUT2D eigenvalue weighted by molar-refractivity contribution is 9.10. The van der Waals surface area contributed by atoms with Crippen LogP contribution in [-0.2, 0) is 0 Å². The predicted molar refractivity (Wildman–Crippen MR) is 152 cm³/mol. The zero-order valence-electron chi connectivity index (χ0n) is 19.7. The smallest absolute Gasteiger partial charge is 0.142 e. The normalized spacial score (nSPS) is 10.6. The molecule has 0 saturated carbocycles. The molecule has 0 saturated heterocycles. The number of hydrogen-bond acceptors (Lipinski definition) is 2. The van der Waals surface area contributed by atoms with Crippen molar-refractivity contribution in [3.8, 4) is 22.6 Å². The highest BCUT2D eigenvalue weighted by atomic mass is 79.9. The molecule has 0 bridgehead atoms. The molecule has 34 heavy (non-hydrogen) atoms. The third kappa shape index (κ3) is 4.57. The molecular formula is C30H26Br2O2. The van der Waals surface area contributed by atoms with Gasteiger partial charge in [0.25, 0.3) is 0 Å². The van der Waals surface area contributed by atoms with Gasteiger partial charge in [-0.25, -0.2) is 0 Å². The first-order valence-corrected chi connectivity index (χ1v) is 13.1. The largest absolute Gasteiger partial charge is 0.455 e. The maximum absolute atomic E-state index is 6.30.